The lowest BCUT2D eigenvalue weighted by Crippen LogP contribution is -2.11. The largest absolute Gasteiger partial charge is 0.368 e. The number of nitrogens with one attached hydrogen (secondary N) is 1. The van der Waals surface area contributed by atoms with E-state index < -0.39 is 0 Å². The van der Waals surface area contributed by atoms with Crippen molar-refractivity contribution < 1.29 is 0 Å². The van der Waals surface area contributed by atoms with Crippen molar-refractivity contribution >= 4 is 17.6 Å². The summed E-state index contributed by atoms with van der Waals surface area (Å²) < 4.78 is 1.85. The smallest absolute Gasteiger partial charge is 0.125 e. The number of pyridine rings is 1. The Bertz CT molecular complexity index is 442. The third-order valence-corrected chi connectivity index (χ3v) is 2.77. The van der Waals surface area contributed by atoms with Crippen LogP contribution in [0.5, 0.6) is 0 Å². The van der Waals surface area contributed by atoms with E-state index in [0.29, 0.717) is 0 Å². The van der Waals surface area contributed by atoms with Gasteiger partial charge in [0, 0.05) is 24.7 Å². The van der Waals surface area contributed by atoms with E-state index in [4.69, 9.17) is 0 Å². The molecule has 0 amide bonds. The number of hydrogen-bond acceptors (Lipinski definition) is 5. The highest BCUT2D eigenvalue weighted by molar-refractivity contribution is 7.97. The van der Waals surface area contributed by atoms with E-state index in [1.54, 1.807) is 18.0 Å². The van der Waals surface area contributed by atoms with Gasteiger partial charge in [-0.2, -0.15) is 11.8 Å². The van der Waals surface area contributed by atoms with E-state index in [1.165, 1.54) is 0 Å². The molecule has 0 saturated carbocycles. The summed E-state index contributed by atoms with van der Waals surface area (Å²) in [5.41, 5.74) is 1.02. The Hall–Kier alpha value is -1.56. The van der Waals surface area contributed by atoms with Crippen LogP contribution >= 0.6 is 11.8 Å². The van der Waals surface area contributed by atoms with Gasteiger partial charge in [0.1, 0.15) is 5.82 Å². The van der Waals surface area contributed by atoms with Gasteiger partial charge in [0.25, 0.3) is 0 Å². The Morgan fingerprint density at radius 1 is 1.41 bits per heavy atom. The number of aromatic nitrogens is 4. The average molecular weight is 249 g/mol. The number of hydrogen-bond donors (Lipinski definition) is 1. The molecule has 0 radical (unpaired) electrons. The molecule has 0 fully saturated rings. The van der Waals surface area contributed by atoms with Gasteiger partial charge >= 0.3 is 0 Å². The van der Waals surface area contributed by atoms with Crippen molar-refractivity contribution in [1.82, 2.24) is 20.0 Å². The van der Waals surface area contributed by atoms with Gasteiger partial charge in [-0.15, -0.1) is 5.10 Å². The Balaban J connectivity index is 1.78. The number of nitrogens with zero attached hydrogens (tertiary/aromatic N) is 4. The summed E-state index contributed by atoms with van der Waals surface area (Å²) in [5, 5.41) is 11.4. The monoisotopic (exact) mass is 249 g/mol. The highest BCUT2D eigenvalue weighted by Crippen LogP contribution is 2.04. The number of anilines is 1. The lowest BCUT2D eigenvalue weighted by atomic mass is 10.4. The lowest BCUT2D eigenvalue weighted by molar-refractivity contribution is 0.608. The molecule has 0 aliphatic rings. The van der Waals surface area contributed by atoms with E-state index in [2.05, 4.69) is 26.9 Å². The van der Waals surface area contributed by atoms with Gasteiger partial charge < -0.3 is 5.32 Å². The van der Waals surface area contributed by atoms with Crippen LogP contribution in [-0.2, 0) is 12.3 Å². The van der Waals surface area contributed by atoms with Crippen LogP contribution in [0.3, 0.4) is 0 Å². The maximum Gasteiger partial charge on any atom is 0.125 e. The standard InChI is InChI=1S/C11H15N5S/c1-17-9-10-8-16(15-14-10)7-6-13-11-4-2-3-5-12-11/h2-5,8H,6-7,9H2,1H3,(H,12,13). The van der Waals surface area contributed by atoms with Crippen LogP contribution in [0.15, 0.2) is 30.6 Å². The van der Waals surface area contributed by atoms with Gasteiger partial charge in [0.15, 0.2) is 0 Å². The Kier molecular flexibility index (Phi) is 4.37. The molecule has 2 aromatic rings. The minimum absolute atomic E-state index is 0.790. The van der Waals surface area contributed by atoms with E-state index in [0.717, 1.165) is 30.4 Å². The molecule has 0 aromatic carbocycles. The second-order valence-corrected chi connectivity index (χ2v) is 4.41. The first-order valence-electron chi connectivity index (χ1n) is 5.41. The molecule has 2 heterocycles. The molecule has 0 atom stereocenters. The molecule has 5 nitrogen and oxygen atoms in total. The van der Waals surface area contributed by atoms with Gasteiger partial charge in [0.05, 0.1) is 12.2 Å². The summed E-state index contributed by atoms with van der Waals surface area (Å²) in [5.74, 6) is 1.80. The second kappa shape index (κ2) is 6.24. The summed E-state index contributed by atoms with van der Waals surface area (Å²) in [6.07, 6.45) is 5.81. The van der Waals surface area contributed by atoms with Crippen LogP contribution < -0.4 is 5.32 Å². The van der Waals surface area contributed by atoms with Crippen LogP contribution in [0.2, 0.25) is 0 Å². The van der Waals surface area contributed by atoms with Crippen molar-refractivity contribution in [2.24, 2.45) is 0 Å². The van der Waals surface area contributed by atoms with Crippen molar-refractivity contribution in [3.63, 3.8) is 0 Å². The van der Waals surface area contributed by atoms with Crippen molar-refractivity contribution in [2.45, 2.75) is 12.3 Å². The van der Waals surface area contributed by atoms with E-state index in [-0.39, 0.29) is 0 Å². The molecule has 0 bridgehead atoms. The lowest BCUT2D eigenvalue weighted by Gasteiger charge is -2.04. The maximum atomic E-state index is 4.18. The Morgan fingerprint density at radius 2 is 2.35 bits per heavy atom. The molecular formula is C11H15N5S. The highest BCUT2D eigenvalue weighted by atomic mass is 32.2. The molecule has 0 spiro atoms. The molecule has 90 valence electrons. The zero-order valence-corrected chi connectivity index (χ0v) is 10.5. The third-order valence-electron chi connectivity index (χ3n) is 2.19. The molecule has 17 heavy (non-hydrogen) atoms. The minimum atomic E-state index is 0.790. The van der Waals surface area contributed by atoms with Gasteiger partial charge in [-0.1, -0.05) is 11.3 Å². The van der Waals surface area contributed by atoms with Crippen LogP contribution in [0.25, 0.3) is 0 Å². The molecule has 0 unspecified atom stereocenters. The molecular weight excluding hydrogens is 234 g/mol. The fourth-order valence-electron chi connectivity index (χ4n) is 1.43. The fraction of sp³-hybridized carbons (Fsp3) is 0.364. The van der Waals surface area contributed by atoms with Crippen LogP contribution in [0.4, 0.5) is 5.82 Å². The van der Waals surface area contributed by atoms with Crippen LogP contribution in [-0.4, -0.2) is 32.8 Å². The van der Waals surface area contributed by atoms with E-state index in [1.807, 2.05) is 29.1 Å². The highest BCUT2D eigenvalue weighted by Gasteiger charge is 1.99. The van der Waals surface area contributed by atoms with Crippen LogP contribution in [0.1, 0.15) is 5.69 Å². The first kappa shape index (κ1) is 11.9. The summed E-state index contributed by atoms with van der Waals surface area (Å²) in [6.45, 7) is 1.58. The number of thioether (sulfide) groups is 1. The van der Waals surface area contributed by atoms with E-state index >= 15 is 0 Å². The molecule has 2 rings (SSSR count). The summed E-state index contributed by atoms with van der Waals surface area (Å²) in [4.78, 5) is 4.18. The normalized spacial score (nSPS) is 10.4. The summed E-state index contributed by atoms with van der Waals surface area (Å²) >= 11 is 1.75. The van der Waals surface area contributed by atoms with Crippen molar-refractivity contribution in [1.29, 1.82) is 0 Å². The van der Waals surface area contributed by atoms with Gasteiger partial charge in [-0.25, -0.2) is 4.98 Å². The average Bonchev–Trinajstić information content (AvgIpc) is 2.79. The third kappa shape index (κ3) is 3.74. The van der Waals surface area contributed by atoms with Gasteiger partial charge in [-0.05, 0) is 18.4 Å². The fourth-order valence-corrected chi connectivity index (χ4v) is 1.86. The molecule has 2 aromatic heterocycles. The zero-order chi connectivity index (χ0) is 11.9. The Labute approximate surface area is 105 Å². The molecule has 0 saturated heterocycles. The first-order chi connectivity index (χ1) is 8.38. The minimum Gasteiger partial charge on any atom is -0.368 e. The first-order valence-corrected chi connectivity index (χ1v) is 6.81. The summed E-state index contributed by atoms with van der Waals surface area (Å²) in [6, 6.07) is 5.80. The van der Waals surface area contributed by atoms with Crippen molar-refractivity contribution in [3.05, 3.63) is 36.3 Å². The quantitative estimate of drug-likeness (QED) is 0.843. The SMILES string of the molecule is CSCc1cn(CCNc2ccccn2)nn1. The topological polar surface area (TPSA) is 55.6 Å². The second-order valence-electron chi connectivity index (χ2n) is 3.55. The molecule has 0 aliphatic heterocycles. The summed E-state index contributed by atoms with van der Waals surface area (Å²) in [7, 11) is 0. The van der Waals surface area contributed by atoms with E-state index in [9.17, 15) is 0 Å². The predicted octanol–water partition coefficient (Wildman–Crippen LogP) is 1.65. The zero-order valence-electron chi connectivity index (χ0n) is 9.71. The van der Waals surface area contributed by atoms with Crippen molar-refractivity contribution in [3.8, 4) is 0 Å². The predicted molar refractivity (Wildman–Crippen MR) is 70.0 cm³/mol. The maximum absolute atomic E-state index is 4.18. The molecule has 6 heteroatoms. The Morgan fingerprint density at radius 3 is 3.12 bits per heavy atom. The van der Waals surface area contributed by atoms with Gasteiger partial charge in [-0.3, -0.25) is 4.68 Å². The van der Waals surface area contributed by atoms with Gasteiger partial charge in [0.2, 0.25) is 0 Å². The molecule has 1 N–H and O–H groups in total. The molecule has 0 aliphatic carbocycles. The van der Waals surface area contributed by atoms with Crippen LogP contribution in [0, 0.1) is 0 Å². The number of rotatable bonds is 6. The van der Waals surface area contributed by atoms with Crippen molar-refractivity contribution in [2.75, 3.05) is 18.1 Å².